The van der Waals surface area contributed by atoms with E-state index >= 15 is 0 Å². The Morgan fingerprint density at radius 2 is 1.78 bits per heavy atom. The van der Waals surface area contributed by atoms with Gasteiger partial charge in [-0.15, -0.1) is 0 Å². The number of rotatable bonds is 10. The van der Waals surface area contributed by atoms with E-state index in [1.54, 1.807) is 14.2 Å². The number of hydrogen-bond acceptors (Lipinski definition) is 7. The Morgan fingerprint density at radius 1 is 1.03 bits per heavy atom. The summed E-state index contributed by atoms with van der Waals surface area (Å²) in [5.74, 6) is 0.440. The van der Waals surface area contributed by atoms with Crippen LogP contribution in [0.3, 0.4) is 0 Å². The summed E-state index contributed by atoms with van der Waals surface area (Å²) < 4.78 is 27.0. The van der Waals surface area contributed by atoms with Crippen molar-refractivity contribution in [3.05, 3.63) is 53.6 Å². The van der Waals surface area contributed by atoms with E-state index in [-0.39, 0.29) is 18.8 Å². The Balaban J connectivity index is 1.62. The molecule has 2 heterocycles. The van der Waals surface area contributed by atoms with Gasteiger partial charge in [0.1, 0.15) is 5.75 Å². The second-order valence-corrected chi connectivity index (χ2v) is 7.90. The number of fused-ring (bicyclic) bond motifs is 1. The molecule has 2 aromatic carbocycles. The zero-order valence-electron chi connectivity index (χ0n) is 18.4. The van der Waals surface area contributed by atoms with Gasteiger partial charge in [0.25, 0.3) is 0 Å². The summed E-state index contributed by atoms with van der Waals surface area (Å²) >= 11 is 0. The number of carboxylic acid groups (broad SMARTS) is 1. The van der Waals surface area contributed by atoms with Crippen molar-refractivity contribution in [2.45, 2.75) is 12.0 Å². The summed E-state index contributed by atoms with van der Waals surface area (Å²) in [7, 11) is 3.25. The maximum Gasteiger partial charge on any atom is 0.309 e. The fraction of sp³-hybridized carbons (Fsp3) is 0.458. The lowest BCUT2D eigenvalue weighted by molar-refractivity contribution is -0.143. The topological polar surface area (TPSA) is 86.7 Å². The Bertz CT molecular complexity index is 917. The molecule has 0 unspecified atom stereocenters. The summed E-state index contributed by atoms with van der Waals surface area (Å²) in [6.45, 7) is 2.93. The van der Waals surface area contributed by atoms with Crippen molar-refractivity contribution in [1.82, 2.24) is 4.90 Å². The van der Waals surface area contributed by atoms with E-state index in [0.29, 0.717) is 44.4 Å². The highest BCUT2D eigenvalue weighted by atomic mass is 16.7. The van der Waals surface area contributed by atoms with Crippen molar-refractivity contribution in [2.24, 2.45) is 5.92 Å². The van der Waals surface area contributed by atoms with Gasteiger partial charge in [-0.05, 0) is 35.4 Å². The maximum absolute atomic E-state index is 12.5. The van der Waals surface area contributed by atoms with E-state index < -0.39 is 11.9 Å². The highest BCUT2D eigenvalue weighted by Gasteiger charge is 2.47. The highest BCUT2D eigenvalue weighted by Crippen LogP contribution is 2.47. The molecule has 2 aromatic rings. The third kappa shape index (κ3) is 4.67. The maximum atomic E-state index is 12.5. The molecule has 0 spiro atoms. The number of methoxy groups -OCH3 is 2. The SMILES string of the molecule is COCCOCCN1C[C@H](c2ccc3c(c2)OCO3)[C@H](C(=O)O)[C@H]1c1ccc(OC)cc1. The number of carboxylic acids is 1. The first-order valence-corrected chi connectivity index (χ1v) is 10.7. The third-order valence-corrected chi connectivity index (χ3v) is 6.12. The van der Waals surface area contributed by atoms with E-state index in [1.807, 2.05) is 42.5 Å². The first kappa shape index (κ1) is 22.4. The number of benzene rings is 2. The molecule has 172 valence electrons. The summed E-state index contributed by atoms with van der Waals surface area (Å²) in [4.78, 5) is 14.7. The van der Waals surface area contributed by atoms with E-state index in [2.05, 4.69) is 4.90 Å². The molecule has 0 saturated carbocycles. The molecule has 8 heteroatoms. The summed E-state index contributed by atoms with van der Waals surface area (Å²) in [5.41, 5.74) is 1.88. The zero-order valence-corrected chi connectivity index (χ0v) is 18.4. The van der Waals surface area contributed by atoms with Gasteiger partial charge in [0.05, 0.1) is 32.8 Å². The van der Waals surface area contributed by atoms with Crippen LogP contribution in [0, 0.1) is 5.92 Å². The zero-order chi connectivity index (χ0) is 22.5. The van der Waals surface area contributed by atoms with Crippen LogP contribution in [0.4, 0.5) is 0 Å². The summed E-state index contributed by atoms with van der Waals surface area (Å²) in [5, 5.41) is 10.3. The van der Waals surface area contributed by atoms with Crippen molar-refractivity contribution in [3.8, 4) is 17.2 Å². The van der Waals surface area contributed by atoms with Gasteiger partial charge in [-0.3, -0.25) is 9.69 Å². The molecular weight excluding hydrogens is 414 g/mol. The van der Waals surface area contributed by atoms with E-state index in [1.165, 1.54) is 0 Å². The molecule has 3 atom stereocenters. The first-order chi connectivity index (χ1) is 15.6. The lowest BCUT2D eigenvalue weighted by Gasteiger charge is -2.27. The standard InChI is InChI=1S/C24H29NO7/c1-28-11-12-30-10-9-25-14-19(17-5-8-20-21(13-17)32-15-31-20)22(24(26)27)23(25)16-3-6-18(29-2)7-4-16/h3-8,13,19,22-23H,9-12,14-15H2,1-2H3,(H,26,27)/t19-,22+,23-/m1/s1. The number of nitrogens with zero attached hydrogens (tertiary/aromatic N) is 1. The number of aliphatic carboxylic acids is 1. The van der Waals surface area contributed by atoms with Crippen LogP contribution in [0.1, 0.15) is 23.1 Å². The fourth-order valence-electron chi connectivity index (χ4n) is 4.57. The molecule has 1 saturated heterocycles. The molecule has 1 N–H and O–H groups in total. The average molecular weight is 443 g/mol. The van der Waals surface area contributed by atoms with Crippen LogP contribution in [0.25, 0.3) is 0 Å². The summed E-state index contributed by atoms with van der Waals surface area (Å²) in [6, 6.07) is 13.0. The van der Waals surface area contributed by atoms with E-state index in [9.17, 15) is 9.90 Å². The largest absolute Gasteiger partial charge is 0.497 e. The predicted molar refractivity (Wildman–Crippen MR) is 116 cm³/mol. The van der Waals surface area contributed by atoms with Gasteiger partial charge in [-0.25, -0.2) is 0 Å². The van der Waals surface area contributed by atoms with Crippen molar-refractivity contribution >= 4 is 5.97 Å². The van der Waals surface area contributed by atoms with Crippen LogP contribution in [-0.2, 0) is 14.3 Å². The molecule has 4 rings (SSSR count). The third-order valence-electron chi connectivity index (χ3n) is 6.12. The van der Waals surface area contributed by atoms with Gasteiger partial charge in [0.2, 0.25) is 6.79 Å². The molecule has 2 aliphatic heterocycles. The molecule has 0 bridgehead atoms. The molecule has 0 radical (unpaired) electrons. The lowest BCUT2D eigenvalue weighted by atomic mass is 9.82. The normalized spacial score (nSPS) is 22.2. The van der Waals surface area contributed by atoms with E-state index in [0.717, 1.165) is 16.9 Å². The van der Waals surface area contributed by atoms with Crippen LogP contribution < -0.4 is 14.2 Å². The van der Waals surface area contributed by atoms with Crippen LogP contribution in [0.2, 0.25) is 0 Å². The smallest absolute Gasteiger partial charge is 0.309 e. The van der Waals surface area contributed by atoms with Gasteiger partial charge in [0.15, 0.2) is 11.5 Å². The first-order valence-electron chi connectivity index (χ1n) is 10.7. The second-order valence-electron chi connectivity index (χ2n) is 7.90. The monoisotopic (exact) mass is 443 g/mol. The molecule has 1 fully saturated rings. The van der Waals surface area contributed by atoms with Crippen LogP contribution >= 0.6 is 0 Å². The second kappa shape index (κ2) is 10.2. The Labute approximate surface area is 187 Å². The van der Waals surface area contributed by atoms with Gasteiger partial charge in [0, 0.05) is 32.2 Å². The van der Waals surface area contributed by atoms with E-state index in [4.69, 9.17) is 23.7 Å². The fourth-order valence-corrected chi connectivity index (χ4v) is 4.57. The molecule has 0 amide bonds. The van der Waals surface area contributed by atoms with Crippen LogP contribution in [0.5, 0.6) is 17.2 Å². The van der Waals surface area contributed by atoms with Crippen molar-refractivity contribution in [2.75, 3.05) is 53.9 Å². The van der Waals surface area contributed by atoms with Gasteiger partial charge in [-0.2, -0.15) is 0 Å². The molecular formula is C24H29NO7. The van der Waals surface area contributed by atoms with Gasteiger partial charge in [-0.1, -0.05) is 18.2 Å². The number of ether oxygens (including phenoxy) is 5. The minimum Gasteiger partial charge on any atom is -0.497 e. The lowest BCUT2D eigenvalue weighted by Crippen LogP contribution is -2.31. The predicted octanol–water partition coefficient (Wildman–Crippen LogP) is 2.93. The molecule has 2 aliphatic rings. The van der Waals surface area contributed by atoms with Gasteiger partial charge < -0.3 is 28.8 Å². The quantitative estimate of drug-likeness (QED) is 0.561. The number of likely N-dealkylation sites (tertiary alicyclic amines) is 1. The highest BCUT2D eigenvalue weighted by molar-refractivity contribution is 5.74. The van der Waals surface area contributed by atoms with Crippen LogP contribution in [-0.4, -0.2) is 69.9 Å². The van der Waals surface area contributed by atoms with Crippen molar-refractivity contribution in [1.29, 1.82) is 0 Å². The van der Waals surface area contributed by atoms with Gasteiger partial charge >= 0.3 is 5.97 Å². The molecule has 8 nitrogen and oxygen atoms in total. The minimum atomic E-state index is -0.823. The molecule has 32 heavy (non-hydrogen) atoms. The molecule has 0 aromatic heterocycles. The number of hydrogen-bond donors (Lipinski definition) is 1. The Hall–Kier alpha value is -2.81. The Morgan fingerprint density at radius 3 is 2.50 bits per heavy atom. The summed E-state index contributed by atoms with van der Waals surface area (Å²) in [6.07, 6.45) is 0. The Kier molecular flexibility index (Phi) is 7.14. The van der Waals surface area contributed by atoms with Crippen LogP contribution in [0.15, 0.2) is 42.5 Å². The minimum absolute atomic E-state index is 0.186. The van der Waals surface area contributed by atoms with Crippen molar-refractivity contribution < 1.29 is 33.6 Å². The van der Waals surface area contributed by atoms with Crippen molar-refractivity contribution in [3.63, 3.8) is 0 Å². The number of carbonyl (C=O) groups is 1. The average Bonchev–Trinajstić information content (AvgIpc) is 3.43. The molecule has 0 aliphatic carbocycles.